The van der Waals surface area contributed by atoms with E-state index in [0.29, 0.717) is 5.56 Å². The monoisotopic (exact) mass is 722 g/mol. The van der Waals surface area contributed by atoms with E-state index in [4.69, 9.17) is 28.4 Å². The molecule has 1 saturated heterocycles. The number of hydrogen-bond acceptors (Lipinski definition) is 17. The van der Waals surface area contributed by atoms with Crippen molar-refractivity contribution in [3.05, 3.63) is 53.6 Å². The Morgan fingerprint density at radius 1 is 0.824 bits per heavy atom. The number of aromatic hydroxyl groups is 2. The second-order valence-electron chi connectivity index (χ2n) is 11.7. The van der Waals surface area contributed by atoms with Gasteiger partial charge in [0.05, 0.1) is 20.3 Å². The summed E-state index contributed by atoms with van der Waals surface area (Å²) in [6, 6.07) is 6.57. The lowest BCUT2D eigenvalue weighted by Gasteiger charge is -2.39. The molecule has 18 heteroatoms. The highest BCUT2D eigenvalue weighted by Crippen LogP contribution is 2.38. The second-order valence-corrected chi connectivity index (χ2v) is 11.7. The molecule has 1 heterocycles. The molecule has 51 heavy (non-hydrogen) atoms. The van der Waals surface area contributed by atoms with E-state index in [9.17, 15) is 60.3 Å². The molecule has 9 atom stereocenters. The molecule has 18 nitrogen and oxygen atoms in total. The third-order valence-corrected chi connectivity index (χ3v) is 8.14. The van der Waals surface area contributed by atoms with Crippen LogP contribution in [-0.2, 0) is 28.6 Å². The summed E-state index contributed by atoms with van der Waals surface area (Å²) in [5.41, 5.74) is -1.79. The van der Waals surface area contributed by atoms with Crippen LogP contribution < -0.4 is 14.2 Å². The van der Waals surface area contributed by atoms with Crippen molar-refractivity contribution in [2.24, 2.45) is 0 Å². The van der Waals surface area contributed by atoms with E-state index in [-0.39, 0.29) is 28.6 Å². The lowest BCUT2D eigenvalue weighted by molar-refractivity contribution is -0.278. The Kier molecular flexibility index (Phi) is 12.5. The van der Waals surface area contributed by atoms with Gasteiger partial charge in [0, 0.05) is 25.0 Å². The molecule has 9 N–H and O–H groups in total. The number of aliphatic carboxylic acids is 1. The first-order chi connectivity index (χ1) is 24.1. The fraction of sp³-hybridized carbons (Fsp3) is 0.424. The number of rotatable bonds is 12. The van der Waals surface area contributed by atoms with Crippen LogP contribution in [0.4, 0.5) is 0 Å². The molecule has 0 radical (unpaired) electrons. The maximum atomic E-state index is 12.4. The summed E-state index contributed by atoms with van der Waals surface area (Å²) >= 11 is 0. The van der Waals surface area contributed by atoms with Crippen LogP contribution in [0.3, 0.4) is 0 Å². The molecule has 1 saturated carbocycles. The van der Waals surface area contributed by atoms with Crippen molar-refractivity contribution < 1.29 is 88.8 Å². The Labute approximate surface area is 289 Å². The molecule has 0 spiro atoms. The van der Waals surface area contributed by atoms with Crippen LogP contribution in [0.2, 0.25) is 0 Å². The lowest BCUT2D eigenvalue weighted by Crippen LogP contribution is -2.60. The summed E-state index contributed by atoms with van der Waals surface area (Å²) in [4.78, 5) is 36.1. The minimum atomic E-state index is -2.42. The summed E-state index contributed by atoms with van der Waals surface area (Å²) in [6.07, 6.45) is -10.1. The van der Waals surface area contributed by atoms with E-state index in [1.54, 1.807) is 0 Å². The number of phenols is 2. The average Bonchev–Trinajstić information content (AvgIpc) is 3.09. The maximum absolute atomic E-state index is 12.4. The minimum absolute atomic E-state index is 0.0933. The first-order valence-electron chi connectivity index (χ1n) is 15.3. The molecule has 1 aliphatic carbocycles. The molecule has 2 aromatic carbocycles. The fourth-order valence-corrected chi connectivity index (χ4v) is 5.29. The Balaban J connectivity index is 1.35. The quantitative estimate of drug-likeness (QED) is 0.0920. The van der Waals surface area contributed by atoms with Crippen molar-refractivity contribution >= 4 is 30.1 Å². The number of phenolic OH excluding ortho intramolecular Hbond substituents is 2. The Morgan fingerprint density at radius 3 is 2.06 bits per heavy atom. The van der Waals surface area contributed by atoms with Gasteiger partial charge in [-0.3, -0.25) is 0 Å². The smallest absolute Gasteiger partial charge is 0.335 e. The van der Waals surface area contributed by atoms with E-state index in [1.807, 2.05) is 0 Å². The Hall–Kier alpha value is -4.95. The number of benzene rings is 2. The molecule has 0 amide bonds. The molecule has 2 aromatic rings. The first-order valence-corrected chi connectivity index (χ1v) is 15.3. The predicted octanol–water partition coefficient (Wildman–Crippen LogP) is -1.19. The van der Waals surface area contributed by atoms with Gasteiger partial charge < -0.3 is 74.4 Å². The van der Waals surface area contributed by atoms with Crippen molar-refractivity contribution in [2.75, 3.05) is 20.8 Å². The van der Waals surface area contributed by atoms with Crippen LogP contribution in [0.5, 0.6) is 28.7 Å². The summed E-state index contributed by atoms with van der Waals surface area (Å²) in [6.45, 7) is -0.589. The maximum Gasteiger partial charge on any atom is 0.335 e. The number of esters is 2. The number of methoxy groups -OCH3 is 2. The number of carboxylic acids is 1. The van der Waals surface area contributed by atoms with Gasteiger partial charge in [-0.1, -0.05) is 6.07 Å². The van der Waals surface area contributed by atoms with Crippen LogP contribution >= 0.6 is 0 Å². The average molecular weight is 723 g/mol. The molecule has 0 unspecified atom stereocenters. The number of aliphatic hydroxyl groups excluding tert-OH is 5. The van der Waals surface area contributed by atoms with Gasteiger partial charge in [0.1, 0.15) is 43.2 Å². The Morgan fingerprint density at radius 2 is 1.45 bits per heavy atom. The molecule has 4 rings (SSSR count). The van der Waals surface area contributed by atoms with Crippen molar-refractivity contribution in [1.82, 2.24) is 0 Å². The third-order valence-electron chi connectivity index (χ3n) is 8.14. The molecular formula is C33H38O18. The highest BCUT2D eigenvalue weighted by Gasteiger charge is 2.50. The topological polar surface area (TPSA) is 289 Å². The van der Waals surface area contributed by atoms with Gasteiger partial charge in [0.2, 0.25) is 12.0 Å². The van der Waals surface area contributed by atoms with E-state index >= 15 is 0 Å². The second kappa shape index (κ2) is 16.4. The summed E-state index contributed by atoms with van der Waals surface area (Å²) < 4.78 is 31.4. The van der Waals surface area contributed by atoms with E-state index < -0.39 is 97.7 Å². The lowest BCUT2D eigenvalue weighted by atomic mass is 9.79. The number of hydrogen-bond donors (Lipinski definition) is 9. The minimum Gasteiger partial charge on any atom is -0.504 e. The Bertz CT molecular complexity index is 1610. The van der Waals surface area contributed by atoms with Crippen molar-refractivity contribution in [2.45, 2.75) is 67.5 Å². The molecule has 2 aliphatic rings. The van der Waals surface area contributed by atoms with Gasteiger partial charge in [0.15, 0.2) is 28.6 Å². The molecule has 2 fully saturated rings. The van der Waals surface area contributed by atoms with Gasteiger partial charge in [0.25, 0.3) is 0 Å². The third kappa shape index (κ3) is 9.24. The van der Waals surface area contributed by atoms with Crippen LogP contribution in [0.15, 0.2) is 42.5 Å². The summed E-state index contributed by atoms with van der Waals surface area (Å²) in [5.74, 6) is -4.42. The van der Waals surface area contributed by atoms with Crippen molar-refractivity contribution in [3.63, 3.8) is 0 Å². The van der Waals surface area contributed by atoms with Crippen LogP contribution in [0.1, 0.15) is 24.0 Å². The van der Waals surface area contributed by atoms with Gasteiger partial charge in [-0.25, -0.2) is 14.4 Å². The highest BCUT2D eigenvalue weighted by atomic mass is 16.7. The first kappa shape index (κ1) is 38.8. The van der Waals surface area contributed by atoms with E-state index in [0.717, 1.165) is 18.2 Å². The normalized spacial score (nSPS) is 29.4. The number of carbonyl (C=O) groups excluding carboxylic acids is 2. The van der Waals surface area contributed by atoms with Crippen LogP contribution in [0, 0.1) is 0 Å². The zero-order valence-electron chi connectivity index (χ0n) is 27.1. The number of ether oxygens (including phenoxy) is 6. The standard InChI is InChI=1S/C33H38O18/c1-46-20-10-16(11-21(47-2)27(20)39)5-7-24(36)48-14-23-28(40)29(41)30(42)31(51-23)50-19-6-3-15(9-17(19)34)4-8-25(37)49-22-13-33(45,32(43)44)12-18(35)26(22)38/h3-11,18,22-23,26,28-31,34-35,38-42,45H,12-14H2,1-2H3,(H,43,44)/b7-5+,8-4+/t18-,22-,23-,26-,28-,29+,30-,31-,33+/m1/s1. The zero-order valence-corrected chi connectivity index (χ0v) is 27.1. The number of aliphatic hydroxyl groups is 6. The molecule has 278 valence electrons. The number of carboxylic acid groups (broad SMARTS) is 1. The fourth-order valence-electron chi connectivity index (χ4n) is 5.29. The number of carbonyl (C=O) groups is 3. The van der Waals surface area contributed by atoms with Crippen molar-refractivity contribution in [3.8, 4) is 28.7 Å². The van der Waals surface area contributed by atoms with E-state index in [2.05, 4.69) is 0 Å². The SMILES string of the molecule is COc1cc(/C=C/C(=O)OC[C@H]2O[C@@H](Oc3ccc(/C=C/C(=O)O[C@@H]4C[C@](O)(C(=O)O)C[C@@H](O)[C@H]4O)cc3O)[C@H](O)[C@@H](O)[C@@H]2O)cc(OC)c1O. The van der Waals surface area contributed by atoms with Gasteiger partial charge in [-0.05, 0) is 47.5 Å². The summed E-state index contributed by atoms with van der Waals surface area (Å²) in [7, 11) is 2.67. The van der Waals surface area contributed by atoms with Gasteiger partial charge in [-0.15, -0.1) is 0 Å². The molecule has 0 aromatic heterocycles. The molecule has 1 aliphatic heterocycles. The largest absolute Gasteiger partial charge is 0.504 e. The highest BCUT2D eigenvalue weighted by molar-refractivity contribution is 5.88. The summed E-state index contributed by atoms with van der Waals surface area (Å²) in [5, 5.41) is 91.3. The molecule has 0 bridgehead atoms. The van der Waals surface area contributed by atoms with E-state index in [1.165, 1.54) is 50.6 Å². The predicted molar refractivity (Wildman–Crippen MR) is 169 cm³/mol. The molecular weight excluding hydrogens is 684 g/mol. The zero-order chi connectivity index (χ0) is 37.6. The van der Waals surface area contributed by atoms with Gasteiger partial charge in [-0.2, -0.15) is 0 Å². The van der Waals surface area contributed by atoms with Crippen LogP contribution in [-0.4, -0.2) is 139 Å². The van der Waals surface area contributed by atoms with Crippen molar-refractivity contribution in [1.29, 1.82) is 0 Å². The van der Waals surface area contributed by atoms with Crippen LogP contribution in [0.25, 0.3) is 12.2 Å². The van der Waals surface area contributed by atoms with Gasteiger partial charge >= 0.3 is 17.9 Å².